The molecule has 1 aliphatic heterocycles. The normalized spacial score (nSPS) is 16.3. The van der Waals surface area contributed by atoms with E-state index in [0.29, 0.717) is 18.7 Å². The molecule has 3 aromatic rings. The van der Waals surface area contributed by atoms with Gasteiger partial charge < -0.3 is 15.5 Å². The average molecular weight is 393 g/mol. The van der Waals surface area contributed by atoms with Crippen LogP contribution in [0.5, 0.6) is 0 Å². The Morgan fingerprint density at radius 3 is 2.79 bits per heavy atom. The summed E-state index contributed by atoms with van der Waals surface area (Å²) in [6, 6.07) is 16.5. The van der Waals surface area contributed by atoms with Gasteiger partial charge in [0, 0.05) is 34.0 Å². The highest BCUT2D eigenvalue weighted by molar-refractivity contribution is 7.80. The van der Waals surface area contributed by atoms with Crippen molar-refractivity contribution in [3.8, 4) is 16.9 Å². The fraction of sp³-hybridized carbons (Fsp3) is 0.273. The molecule has 0 aliphatic carbocycles. The van der Waals surface area contributed by atoms with Gasteiger partial charge in [0.05, 0.1) is 30.2 Å². The van der Waals surface area contributed by atoms with Crippen LogP contribution in [0.3, 0.4) is 0 Å². The number of rotatable bonds is 6. The first kappa shape index (κ1) is 18.8. The van der Waals surface area contributed by atoms with Crippen LogP contribution in [0, 0.1) is 5.41 Å². The van der Waals surface area contributed by atoms with Crippen molar-refractivity contribution in [2.75, 3.05) is 18.5 Å². The zero-order chi connectivity index (χ0) is 19.5. The van der Waals surface area contributed by atoms with E-state index in [1.54, 1.807) is 0 Å². The molecule has 28 heavy (non-hydrogen) atoms. The van der Waals surface area contributed by atoms with Gasteiger partial charge in [0.2, 0.25) is 0 Å². The van der Waals surface area contributed by atoms with E-state index in [9.17, 15) is 0 Å². The van der Waals surface area contributed by atoms with Gasteiger partial charge in [0.25, 0.3) is 0 Å². The third-order valence-electron chi connectivity index (χ3n) is 5.02. The highest BCUT2D eigenvalue weighted by atomic mass is 32.1. The number of aromatic nitrogens is 2. The Labute approximate surface area is 170 Å². The molecule has 2 aromatic carbocycles. The molecule has 1 atom stereocenters. The lowest BCUT2D eigenvalue weighted by molar-refractivity contribution is 0.195. The van der Waals surface area contributed by atoms with Crippen molar-refractivity contribution in [3.63, 3.8) is 0 Å². The number of hydrogen-bond donors (Lipinski definition) is 3. The third kappa shape index (κ3) is 3.84. The van der Waals surface area contributed by atoms with Crippen LogP contribution >= 0.6 is 12.6 Å². The van der Waals surface area contributed by atoms with E-state index in [0.717, 1.165) is 46.1 Å². The predicted octanol–water partition coefficient (Wildman–Crippen LogP) is 4.81. The molecule has 6 heteroatoms. The monoisotopic (exact) mass is 392 g/mol. The summed E-state index contributed by atoms with van der Waals surface area (Å²) in [5, 5.41) is 16.4. The summed E-state index contributed by atoms with van der Waals surface area (Å²) < 4.78 is 7.43. The van der Waals surface area contributed by atoms with Crippen LogP contribution in [-0.4, -0.2) is 34.7 Å². The van der Waals surface area contributed by atoms with Gasteiger partial charge in [-0.2, -0.15) is 5.10 Å². The van der Waals surface area contributed by atoms with Crippen LogP contribution in [0.4, 0.5) is 5.69 Å². The second-order valence-electron chi connectivity index (χ2n) is 6.94. The standard InChI is InChI=1S/C22H24N4OS/c1-2-20(23)19-8-3-15(13-21(19)25-16-10-12-27-14-16)22-9-11-24-26(22)17-4-6-18(28)7-5-17/h3-9,11,13,16,23,25,28H,2,10,12,14H2,1H3. The molecule has 5 nitrogen and oxygen atoms in total. The van der Waals surface area contributed by atoms with Crippen molar-refractivity contribution in [1.82, 2.24) is 9.78 Å². The van der Waals surface area contributed by atoms with Crippen LogP contribution in [0.15, 0.2) is 59.6 Å². The molecule has 0 saturated carbocycles. The maximum absolute atomic E-state index is 8.34. The minimum Gasteiger partial charge on any atom is -0.379 e. The quantitative estimate of drug-likeness (QED) is 0.417. The average Bonchev–Trinajstić information content (AvgIpc) is 3.40. The van der Waals surface area contributed by atoms with Crippen molar-refractivity contribution < 1.29 is 4.74 Å². The molecular weight excluding hydrogens is 368 g/mol. The molecule has 0 bridgehead atoms. The summed E-state index contributed by atoms with van der Waals surface area (Å²) in [6.07, 6.45) is 3.49. The second kappa shape index (κ2) is 8.20. The Hall–Kier alpha value is -2.57. The molecule has 2 N–H and O–H groups in total. The Kier molecular flexibility index (Phi) is 5.50. The van der Waals surface area contributed by atoms with Crippen molar-refractivity contribution in [2.24, 2.45) is 0 Å². The minimum atomic E-state index is 0.284. The first-order valence-electron chi connectivity index (χ1n) is 9.55. The maximum atomic E-state index is 8.34. The van der Waals surface area contributed by atoms with Gasteiger partial charge in [-0.25, -0.2) is 4.68 Å². The first-order chi connectivity index (χ1) is 13.7. The molecule has 144 valence electrons. The summed E-state index contributed by atoms with van der Waals surface area (Å²) in [6.45, 7) is 3.50. The maximum Gasteiger partial charge on any atom is 0.0741 e. The summed E-state index contributed by atoms with van der Waals surface area (Å²) in [5.41, 5.74) is 5.61. The van der Waals surface area contributed by atoms with E-state index in [-0.39, 0.29) is 6.04 Å². The lowest BCUT2D eigenvalue weighted by Crippen LogP contribution is -2.20. The van der Waals surface area contributed by atoms with E-state index in [1.165, 1.54) is 0 Å². The number of thiol groups is 1. The van der Waals surface area contributed by atoms with E-state index in [1.807, 2.05) is 54.2 Å². The molecule has 0 radical (unpaired) electrons. The lowest BCUT2D eigenvalue weighted by Gasteiger charge is -2.18. The van der Waals surface area contributed by atoms with Crippen LogP contribution in [-0.2, 0) is 4.74 Å². The summed E-state index contributed by atoms with van der Waals surface area (Å²) in [5.74, 6) is 0. The van der Waals surface area contributed by atoms with Crippen LogP contribution in [0.1, 0.15) is 25.3 Å². The molecule has 2 heterocycles. The van der Waals surface area contributed by atoms with Crippen molar-refractivity contribution in [1.29, 1.82) is 5.41 Å². The number of hydrogen-bond acceptors (Lipinski definition) is 5. The van der Waals surface area contributed by atoms with Crippen LogP contribution in [0.25, 0.3) is 16.9 Å². The number of nitrogens with one attached hydrogen (secondary N) is 2. The Morgan fingerprint density at radius 2 is 2.07 bits per heavy atom. The zero-order valence-corrected chi connectivity index (χ0v) is 16.7. The fourth-order valence-corrected chi connectivity index (χ4v) is 3.62. The number of benzene rings is 2. The molecular formula is C22H24N4OS. The highest BCUT2D eigenvalue weighted by Gasteiger charge is 2.19. The lowest BCUT2D eigenvalue weighted by atomic mass is 10.0. The van der Waals surface area contributed by atoms with Gasteiger partial charge in [-0.05, 0) is 49.2 Å². The van der Waals surface area contributed by atoms with E-state index in [4.69, 9.17) is 10.1 Å². The number of anilines is 1. The molecule has 0 spiro atoms. The molecule has 0 amide bonds. The van der Waals surface area contributed by atoms with E-state index in [2.05, 4.69) is 35.2 Å². The third-order valence-corrected chi connectivity index (χ3v) is 5.32. The first-order valence-corrected chi connectivity index (χ1v) is 10.0. The Bertz CT molecular complexity index is 974. The smallest absolute Gasteiger partial charge is 0.0741 e. The number of nitrogens with zero attached hydrogens (tertiary/aromatic N) is 2. The van der Waals surface area contributed by atoms with Crippen LogP contribution < -0.4 is 5.32 Å². The summed E-state index contributed by atoms with van der Waals surface area (Å²) in [7, 11) is 0. The summed E-state index contributed by atoms with van der Waals surface area (Å²) in [4.78, 5) is 0.921. The fourth-order valence-electron chi connectivity index (χ4n) is 3.47. The molecule has 1 saturated heterocycles. The predicted molar refractivity (Wildman–Crippen MR) is 116 cm³/mol. The van der Waals surface area contributed by atoms with Crippen molar-refractivity contribution in [3.05, 3.63) is 60.3 Å². The van der Waals surface area contributed by atoms with Gasteiger partial charge in [-0.15, -0.1) is 12.6 Å². The van der Waals surface area contributed by atoms with Gasteiger partial charge in [0.1, 0.15) is 0 Å². The van der Waals surface area contributed by atoms with Gasteiger partial charge in [0.15, 0.2) is 0 Å². The largest absolute Gasteiger partial charge is 0.379 e. The molecule has 1 aromatic heterocycles. The van der Waals surface area contributed by atoms with Gasteiger partial charge in [-0.1, -0.05) is 19.1 Å². The zero-order valence-electron chi connectivity index (χ0n) is 15.9. The van der Waals surface area contributed by atoms with E-state index < -0.39 is 0 Å². The number of ether oxygens (including phenoxy) is 1. The SMILES string of the molecule is CCC(=N)c1ccc(-c2ccnn2-c2ccc(S)cc2)cc1NC1CCOC1. The van der Waals surface area contributed by atoms with Gasteiger partial charge >= 0.3 is 0 Å². The molecule has 1 unspecified atom stereocenters. The van der Waals surface area contributed by atoms with Crippen LogP contribution in [0.2, 0.25) is 0 Å². The molecule has 1 fully saturated rings. The van der Waals surface area contributed by atoms with Gasteiger partial charge in [-0.3, -0.25) is 0 Å². The second-order valence-corrected chi connectivity index (χ2v) is 7.46. The highest BCUT2D eigenvalue weighted by Crippen LogP contribution is 2.29. The minimum absolute atomic E-state index is 0.284. The topological polar surface area (TPSA) is 62.9 Å². The summed E-state index contributed by atoms with van der Waals surface area (Å²) >= 11 is 4.36. The van der Waals surface area contributed by atoms with Crippen molar-refractivity contribution >= 4 is 24.0 Å². The Morgan fingerprint density at radius 1 is 1.25 bits per heavy atom. The van der Waals surface area contributed by atoms with Crippen molar-refractivity contribution in [2.45, 2.75) is 30.7 Å². The molecule has 1 aliphatic rings. The Balaban J connectivity index is 1.73. The molecule has 4 rings (SSSR count). The van der Waals surface area contributed by atoms with E-state index >= 15 is 0 Å².